The molecule has 0 aliphatic heterocycles. The summed E-state index contributed by atoms with van der Waals surface area (Å²) < 4.78 is 0. The minimum atomic E-state index is 0.234. The van der Waals surface area contributed by atoms with Crippen LogP contribution in [0.3, 0.4) is 0 Å². The molecule has 1 aromatic heterocycles. The van der Waals surface area contributed by atoms with E-state index in [9.17, 15) is 0 Å². The Morgan fingerprint density at radius 3 is 2.36 bits per heavy atom. The lowest BCUT2D eigenvalue weighted by atomic mass is 9.87. The van der Waals surface area contributed by atoms with Gasteiger partial charge in [0, 0.05) is 23.2 Å². The fourth-order valence-corrected chi connectivity index (χ4v) is 4.36. The van der Waals surface area contributed by atoms with Gasteiger partial charge in [-0.1, -0.05) is 94.1 Å². The fourth-order valence-electron chi connectivity index (χ4n) is 4.36. The second-order valence-corrected chi connectivity index (χ2v) is 10.4. The van der Waals surface area contributed by atoms with Gasteiger partial charge in [-0.2, -0.15) is 0 Å². The highest BCUT2D eigenvalue weighted by atomic mass is 14.9. The Bertz CT molecular complexity index is 1350. The van der Waals surface area contributed by atoms with Gasteiger partial charge in [-0.3, -0.25) is 9.98 Å². The van der Waals surface area contributed by atoms with Crippen LogP contribution in [-0.2, 0) is 13.0 Å². The molecule has 0 fully saturated rings. The van der Waals surface area contributed by atoms with E-state index in [4.69, 9.17) is 4.99 Å². The molecule has 3 aromatic carbocycles. The average molecular weight is 474 g/mol. The van der Waals surface area contributed by atoms with Gasteiger partial charge < -0.3 is 5.32 Å². The molecule has 1 heterocycles. The number of aromatic nitrogens is 1. The van der Waals surface area contributed by atoms with Crippen molar-refractivity contribution in [3.63, 3.8) is 0 Å². The fraction of sp³-hybridized carbons (Fsp3) is 0.212. The van der Waals surface area contributed by atoms with E-state index in [1.807, 2.05) is 30.5 Å². The number of rotatable bonds is 8. The molecule has 4 aromatic rings. The van der Waals surface area contributed by atoms with Crippen LogP contribution in [0, 0.1) is 5.41 Å². The van der Waals surface area contributed by atoms with E-state index in [0.29, 0.717) is 6.54 Å². The van der Waals surface area contributed by atoms with E-state index in [-0.39, 0.29) is 5.41 Å². The SMILES string of the molecule is C=C(NCc1ccccn1)c1c(N=C(C)c2cccc(CC(C)(C)C)c2)cccc1-c1ccccc1. The third kappa shape index (κ3) is 6.57. The maximum Gasteiger partial charge on any atom is 0.0732 e. The first-order valence-electron chi connectivity index (χ1n) is 12.5. The third-order valence-corrected chi connectivity index (χ3v) is 6.01. The topological polar surface area (TPSA) is 37.3 Å². The van der Waals surface area contributed by atoms with Crippen LogP contribution in [0.25, 0.3) is 16.8 Å². The van der Waals surface area contributed by atoms with E-state index < -0.39 is 0 Å². The lowest BCUT2D eigenvalue weighted by Gasteiger charge is -2.19. The zero-order valence-electron chi connectivity index (χ0n) is 21.8. The lowest BCUT2D eigenvalue weighted by Crippen LogP contribution is -2.13. The van der Waals surface area contributed by atoms with Crippen molar-refractivity contribution >= 4 is 17.1 Å². The monoisotopic (exact) mass is 473 g/mol. The van der Waals surface area contributed by atoms with Crippen LogP contribution >= 0.6 is 0 Å². The van der Waals surface area contributed by atoms with Gasteiger partial charge in [0.05, 0.1) is 17.9 Å². The van der Waals surface area contributed by atoms with Gasteiger partial charge in [0.25, 0.3) is 0 Å². The van der Waals surface area contributed by atoms with Crippen molar-refractivity contribution in [3.05, 3.63) is 126 Å². The normalized spacial score (nSPS) is 11.8. The molecule has 0 aliphatic carbocycles. The number of nitrogens with one attached hydrogen (secondary N) is 1. The molecule has 0 saturated carbocycles. The van der Waals surface area contributed by atoms with Crippen LogP contribution < -0.4 is 5.32 Å². The smallest absolute Gasteiger partial charge is 0.0732 e. The molecule has 4 rings (SSSR count). The summed E-state index contributed by atoms with van der Waals surface area (Å²) in [4.78, 5) is 9.57. The van der Waals surface area contributed by atoms with Crippen molar-refractivity contribution in [2.24, 2.45) is 10.4 Å². The van der Waals surface area contributed by atoms with Crippen LogP contribution in [0.2, 0.25) is 0 Å². The second-order valence-electron chi connectivity index (χ2n) is 10.4. The highest BCUT2D eigenvalue weighted by Gasteiger charge is 2.15. The number of hydrogen-bond acceptors (Lipinski definition) is 3. The molecular formula is C33H35N3. The minimum Gasteiger partial charge on any atom is -0.379 e. The van der Waals surface area contributed by atoms with Crippen molar-refractivity contribution in [1.82, 2.24) is 10.3 Å². The first-order chi connectivity index (χ1) is 17.3. The first kappa shape index (κ1) is 25.1. The largest absolute Gasteiger partial charge is 0.379 e. The molecule has 0 aliphatic rings. The molecule has 3 nitrogen and oxygen atoms in total. The molecule has 0 bridgehead atoms. The standard InChI is InChI=1S/C33H35N3/c1-24(28-16-11-13-26(21-28)22-33(3,4)5)36-31-19-12-18-30(27-14-7-6-8-15-27)32(31)25(2)35-23-29-17-9-10-20-34-29/h6-21,35H,2,22-23H2,1,3-5H3. The molecule has 0 spiro atoms. The number of nitrogens with zero attached hydrogens (tertiary/aromatic N) is 2. The van der Waals surface area contributed by atoms with Crippen molar-refractivity contribution in [2.75, 3.05) is 0 Å². The Kier molecular flexibility index (Phi) is 7.80. The maximum atomic E-state index is 5.13. The third-order valence-electron chi connectivity index (χ3n) is 6.01. The van der Waals surface area contributed by atoms with Gasteiger partial charge in [0.1, 0.15) is 0 Å². The quantitative estimate of drug-likeness (QED) is 0.262. The number of pyridine rings is 1. The summed E-state index contributed by atoms with van der Waals surface area (Å²) in [7, 11) is 0. The van der Waals surface area contributed by atoms with Gasteiger partial charge in [-0.25, -0.2) is 0 Å². The number of aliphatic imine (C=N–C) groups is 1. The molecule has 3 heteroatoms. The summed E-state index contributed by atoms with van der Waals surface area (Å²) in [6.45, 7) is 13.9. The van der Waals surface area contributed by atoms with E-state index in [2.05, 4.69) is 111 Å². The van der Waals surface area contributed by atoms with Gasteiger partial charge >= 0.3 is 0 Å². The predicted molar refractivity (Wildman–Crippen MR) is 153 cm³/mol. The lowest BCUT2D eigenvalue weighted by molar-refractivity contribution is 0.411. The molecule has 182 valence electrons. The van der Waals surface area contributed by atoms with Crippen molar-refractivity contribution < 1.29 is 0 Å². The Balaban J connectivity index is 1.73. The van der Waals surface area contributed by atoms with Crippen molar-refractivity contribution in [1.29, 1.82) is 0 Å². The number of benzene rings is 3. The molecule has 0 radical (unpaired) electrons. The van der Waals surface area contributed by atoms with Gasteiger partial charge in [0.15, 0.2) is 0 Å². The molecular weight excluding hydrogens is 438 g/mol. The summed E-state index contributed by atoms with van der Waals surface area (Å²) in [6, 6.07) is 31.3. The first-order valence-corrected chi connectivity index (χ1v) is 12.5. The Morgan fingerprint density at radius 1 is 0.889 bits per heavy atom. The van der Waals surface area contributed by atoms with Crippen LogP contribution in [-0.4, -0.2) is 10.7 Å². The Labute approximate surface area is 215 Å². The maximum absolute atomic E-state index is 5.13. The van der Waals surface area contributed by atoms with Crippen LogP contribution in [0.5, 0.6) is 0 Å². The molecule has 1 N–H and O–H groups in total. The highest BCUT2D eigenvalue weighted by Crippen LogP contribution is 2.35. The van der Waals surface area contributed by atoms with Gasteiger partial charge in [-0.15, -0.1) is 0 Å². The Hall–Kier alpha value is -3.98. The van der Waals surface area contributed by atoms with Gasteiger partial charge in [0.2, 0.25) is 0 Å². The molecule has 0 atom stereocenters. The zero-order valence-corrected chi connectivity index (χ0v) is 21.8. The number of hydrogen-bond donors (Lipinski definition) is 1. The summed E-state index contributed by atoms with van der Waals surface area (Å²) >= 11 is 0. The van der Waals surface area contributed by atoms with E-state index >= 15 is 0 Å². The highest BCUT2D eigenvalue weighted by molar-refractivity contribution is 6.01. The van der Waals surface area contributed by atoms with Gasteiger partial charge in [-0.05, 0) is 65.3 Å². The predicted octanol–water partition coefficient (Wildman–Crippen LogP) is 8.24. The van der Waals surface area contributed by atoms with Crippen LogP contribution in [0.1, 0.15) is 50.1 Å². The van der Waals surface area contributed by atoms with Crippen molar-refractivity contribution in [3.8, 4) is 11.1 Å². The van der Waals surface area contributed by atoms with Crippen molar-refractivity contribution in [2.45, 2.75) is 40.7 Å². The summed E-state index contributed by atoms with van der Waals surface area (Å²) in [5.41, 5.74) is 9.61. The molecule has 0 unspecified atom stereocenters. The zero-order chi connectivity index (χ0) is 25.5. The summed E-state index contributed by atoms with van der Waals surface area (Å²) in [6.07, 6.45) is 2.83. The summed E-state index contributed by atoms with van der Waals surface area (Å²) in [5.74, 6) is 0. The second kappa shape index (κ2) is 11.2. The Morgan fingerprint density at radius 2 is 1.64 bits per heavy atom. The van der Waals surface area contributed by atoms with E-state index in [1.54, 1.807) is 0 Å². The molecule has 0 saturated heterocycles. The van der Waals surface area contributed by atoms with E-state index in [0.717, 1.165) is 51.5 Å². The van der Waals surface area contributed by atoms with E-state index in [1.165, 1.54) is 5.56 Å². The van der Waals surface area contributed by atoms with Crippen LogP contribution in [0.15, 0.2) is 109 Å². The average Bonchev–Trinajstić information content (AvgIpc) is 2.87. The minimum absolute atomic E-state index is 0.234. The molecule has 0 amide bonds. The van der Waals surface area contributed by atoms with Crippen LogP contribution in [0.4, 0.5) is 5.69 Å². The summed E-state index contributed by atoms with van der Waals surface area (Å²) in [5, 5.41) is 3.49. The molecule has 36 heavy (non-hydrogen) atoms.